The van der Waals surface area contributed by atoms with Crippen LogP contribution in [0.5, 0.6) is 0 Å². The minimum atomic E-state index is -4.15. The van der Waals surface area contributed by atoms with E-state index in [1.807, 2.05) is 18.7 Å². The zero-order valence-corrected chi connectivity index (χ0v) is 9.72. The highest BCUT2D eigenvalue weighted by molar-refractivity contribution is 5.13. The Morgan fingerprint density at radius 2 is 2.06 bits per heavy atom. The predicted octanol–water partition coefficient (Wildman–Crippen LogP) is 2.16. The van der Waals surface area contributed by atoms with Crippen molar-refractivity contribution in [2.24, 2.45) is 11.7 Å². The second-order valence-corrected chi connectivity index (χ2v) is 4.57. The van der Waals surface area contributed by atoms with Gasteiger partial charge in [-0.3, -0.25) is 4.90 Å². The van der Waals surface area contributed by atoms with Crippen LogP contribution in [0.25, 0.3) is 0 Å². The van der Waals surface area contributed by atoms with Crippen LogP contribution in [0, 0.1) is 5.92 Å². The SMILES string of the molecule is CC(N)C(C)CN1CC=C(C(F)(F)F)CC1. The summed E-state index contributed by atoms with van der Waals surface area (Å²) in [5, 5.41) is 0. The van der Waals surface area contributed by atoms with E-state index in [1.54, 1.807) is 0 Å². The van der Waals surface area contributed by atoms with Crippen molar-refractivity contribution in [2.75, 3.05) is 19.6 Å². The van der Waals surface area contributed by atoms with Crippen LogP contribution in [0.4, 0.5) is 13.2 Å². The van der Waals surface area contributed by atoms with E-state index >= 15 is 0 Å². The Labute approximate surface area is 94.3 Å². The molecular weight excluding hydrogens is 217 g/mol. The lowest BCUT2D eigenvalue weighted by molar-refractivity contribution is -0.0961. The molecule has 1 aliphatic rings. The lowest BCUT2D eigenvalue weighted by Crippen LogP contribution is -2.39. The van der Waals surface area contributed by atoms with Gasteiger partial charge >= 0.3 is 6.18 Å². The third-order valence-corrected chi connectivity index (χ3v) is 3.10. The Balaban J connectivity index is 2.46. The third-order valence-electron chi connectivity index (χ3n) is 3.10. The van der Waals surface area contributed by atoms with Crippen LogP contribution >= 0.6 is 0 Å². The van der Waals surface area contributed by atoms with Gasteiger partial charge < -0.3 is 5.73 Å². The Bertz CT molecular complexity index is 258. The topological polar surface area (TPSA) is 29.3 Å². The molecule has 5 heteroatoms. The molecule has 1 aliphatic heterocycles. The van der Waals surface area contributed by atoms with Crippen LogP contribution in [-0.2, 0) is 0 Å². The molecule has 0 amide bonds. The number of nitrogens with zero attached hydrogens (tertiary/aromatic N) is 1. The Hall–Kier alpha value is -0.550. The van der Waals surface area contributed by atoms with E-state index in [2.05, 4.69) is 0 Å². The van der Waals surface area contributed by atoms with E-state index in [0.717, 1.165) is 6.54 Å². The first-order chi connectivity index (χ1) is 7.30. The van der Waals surface area contributed by atoms with Gasteiger partial charge in [-0.15, -0.1) is 0 Å². The van der Waals surface area contributed by atoms with Crippen LogP contribution < -0.4 is 5.73 Å². The molecule has 2 unspecified atom stereocenters. The Kier molecular flexibility index (Phi) is 4.38. The van der Waals surface area contributed by atoms with Gasteiger partial charge in [0.2, 0.25) is 0 Å². The molecule has 0 bridgehead atoms. The Morgan fingerprint density at radius 3 is 2.44 bits per heavy atom. The smallest absolute Gasteiger partial charge is 0.328 e. The quantitative estimate of drug-likeness (QED) is 0.761. The molecule has 0 saturated carbocycles. The molecule has 94 valence electrons. The molecule has 0 aromatic heterocycles. The van der Waals surface area contributed by atoms with Gasteiger partial charge in [-0.1, -0.05) is 13.0 Å². The fourth-order valence-electron chi connectivity index (χ4n) is 1.71. The maximum absolute atomic E-state index is 12.4. The van der Waals surface area contributed by atoms with E-state index < -0.39 is 11.7 Å². The molecule has 16 heavy (non-hydrogen) atoms. The van der Waals surface area contributed by atoms with Gasteiger partial charge in [-0.2, -0.15) is 13.2 Å². The zero-order chi connectivity index (χ0) is 12.3. The lowest BCUT2D eigenvalue weighted by atomic mass is 10.0. The van der Waals surface area contributed by atoms with Gasteiger partial charge in [0.15, 0.2) is 0 Å². The summed E-state index contributed by atoms with van der Waals surface area (Å²) in [5.74, 6) is 0.306. The van der Waals surface area contributed by atoms with E-state index in [-0.39, 0.29) is 12.5 Å². The maximum atomic E-state index is 12.4. The highest BCUT2D eigenvalue weighted by Gasteiger charge is 2.34. The molecule has 1 heterocycles. The normalized spacial score (nSPS) is 22.8. The molecule has 1 rings (SSSR count). The summed E-state index contributed by atoms with van der Waals surface area (Å²) >= 11 is 0. The van der Waals surface area contributed by atoms with Gasteiger partial charge in [-0.05, 0) is 19.3 Å². The molecule has 0 saturated heterocycles. The monoisotopic (exact) mass is 236 g/mol. The van der Waals surface area contributed by atoms with E-state index in [0.29, 0.717) is 19.0 Å². The van der Waals surface area contributed by atoms with Crippen molar-refractivity contribution < 1.29 is 13.2 Å². The average molecular weight is 236 g/mol. The minimum absolute atomic E-state index is 0.0768. The number of rotatable bonds is 3. The van der Waals surface area contributed by atoms with Gasteiger partial charge in [-0.25, -0.2) is 0 Å². The lowest BCUT2D eigenvalue weighted by Gasteiger charge is -2.30. The van der Waals surface area contributed by atoms with Crippen molar-refractivity contribution >= 4 is 0 Å². The van der Waals surface area contributed by atoms with Gasteiger partial charge in [0.05, 0.1) is 0 Å². The van der Waals surface area contributed by atoms with Gasteiger partial charge in [0.25, 0.3) is 0 Å². The summed E-state index contributed by atoms with van der Waals surface area (Å²) in [4.78, 5) is 2.02. The largest absolute Gasteiger partial charge is 0.412 e. The molecule has 0 radical (unpaired) electrons. The van der Waals surface area contributed by atoms with Crippen molar-refractivity contribution in [3.05, 3.63) is 11.6 Å². The zero-order valence-electron chi connectivity index (χ0n) is 9.72. The molecule has 2 nitrogen and oxygen atoms in total. The molecule has 0 fully saturated rings. The van der Waals surface area contributed by atoms with E-state index in [4.69, 9.17) is 5.73 Å². The van der Waals surface area contributed by atoms with Crippen LogP contribution in [-0.4, -0.2) is 36.8 Å². The second-order valence-electron chi connectivity index (χ2n) is 4.57. The molecule has 0 aliphatic carbocycles. The summed E-state index contributed by atoms with van der Waals surface area (Å²) < 4.78 is 37.1. The standard InChI is InChI=1S/C11H19F3N2/c1-8(9(2)15)7-16-5-3-10(4-6-16)11(12,13)14/h3,8-9H,4-7,15H2,1-2H3. The summed E-state index contributed by atoms with van der Waals surface area (Å²) in [6.45, 7) is 5.56. The second kappa shape index (κ2) is 5.19. The van der Waals surface area contributed by atoms with Crippen molar-refractivity contribution in [3.63, 3.8) is 0 Å². The van der Waals surface area contributed by atoms with Crippen molar-refractivity contribution in [3.8, 4) is 0 Å². The van der Waals surface area contributed by atoms with E-state index in [1.165, 1.54) is 6.08 Å². The van der Waals surface area contributed by atoms with Crippen LogP contribution in [0.2, 0.25) is 0 Å². The highest BCUT2D eigenvalue weighted by atomic mass is 19.4. The van der Waals surface area contributed by atoms with E-state index in [9.17, 15) is 13.2 Å². The van der Waals surface area contributed by atoms with Gasteiger partial charge in [0.1, 0.15) is 0 Å². The van der Waals surface area contributed by atoms with Crippen molar-refractivity contribution in [2.45, 2.75) is 32.5 Å². The fourth-order valence-corrected chi connectivity index (χ4v) is 1.71. The summed E-state index contributed by atoms with van der Waals surface area (Å²) in [6, 6.07) is 0.0768. The van der Waals surface area contributed by atoms with Crippen LogP contribution in [0.3, 0.4) is 0 Å². The van der Waals surface area contributed by atoms with Crippen molar-refractivity contribution in [1.29, 1.82) is 0 Å². The van der Waals surface area contributed by atoms with Crippen LogP contribution in [0.15, 0.2) is 11.6 Å². The van der Waals surface area contributed by atoms with Gasteiger partial charge in [0, 0.05) is 31.2 Å². The third kappa shape index (κ3) is 3.79. The summed E-state index contributed by atoms with van der Waals surface area (Å²) in [5.41, 5.74) is 5.34. The summed E-state index contributed by atoms with van der Waals surface area (Å²) in [7, 11) is 0. The predicted molar refractivity (Wildman–Crippen MR) is 58.0 cm³/mol. The molecule has 0 spiro atoms. The summed E-state index contributed by atoms with van der Waals surface area (Å²) in [6.07, 6.45) is -2.77. The number of hydrogen-bond acceptors (Lipinski definition) is 2. The molecule has 0 aromatic carbocycles. The number of halogens is 3. The highest BCUT2D eigenvalue weighted by Crippen LogP contribution is 2.30. The van der Waals surface area contributed by atoms with Crippen molar-refractivity contribution in [1.82, 2.24) is 4.90 Å². The first kappa shape index (κ1) is 13.5. The molecule has 0 aromatic rings. The van der Waals surface area contributed by atoms with Crippen LogP contribution in [0.1, 0.15) is 20.3 Å². The number of nitrogens with two attached hydrogens (primary N) is 1. The molecule has 2 atom stereocenters. The fraction of sp³-hybridized carbons (Fsp3) is 0.818. The number of alkyl halides is 3. The average Bonchev–Trinajstić information content (AvgIpc) is 2.17. The molecule has 2 N–H and O–H groups in total. The molecular formula is C11H19F3N2. The Morgan fingerprint density at radius 1 is 1.44 bits per heavy atom. The number of hydrogen-bond donors (Lipinski definition) is 1. The maximum Gasteiger partial charge on any atom is 0.412 e. The first-order valence-electron chi connectivity index (χ1n) is 5.55. The minimum Gasteiger partial charge on any atom is -0.328 e. The first-order valence-corrected chi connectivity index (χ1v) is 5.55.